The van der Waals surface area contributed by atoms with Gasteiger partial charge in [0, 0.05) is 5.56 Å². The maximum atomic E-state index is 13.9. The average molecular weight is 276 g/mol. The van der Waals surface area contributed by atoms with Crippen LogP contribution in [0.3, 0.4) is 0 Å². The number of carbonyl (C=O) groups is 1. The molecule has 0 atom stereocenters. The van der Waals surface area contributed by atoms with Crippen molar-refractivity contribution in [3.05, 3.63) is 65.0 Å². The summed E-state index contributed by atoms with van der Waals surface area (Å²) < 4.78 is 19.3. The van der Waals surface area contributed by atoms with Crippen molar-refractivity contribution in [1.82, 2.24) is 0 Å². The molecule has 0 fully saturated rings. The van der Waals surface area contributed by atoms with Gasteiger partial charge in [-0.15, -0.1) is 0 Å². The molecule has 104 valence electrons. The van der Waals surface area contributed by atoms with Crippen molar-refractivity contribution in [3.8, 4) is 5.75 Å². The first-order valence-corrected chi connectivity index (χ1v) is 5.95. The summed E-state index contributed by atoms with van der Waals surface area (Å²) in [7, 11) is 0. The van der Waals surface area contributed by atoms with Gasteiger partial charge in [0.1, 0.15) is 18.2 Å². The first-order valence-electron chi connectivity index (χ1n) is 5.95. The lowest BCUT2D eigenvalue weighted by Crippen LogP contribution is -2.06. The summed E-state index contributed by atoms with van der Waals surface area (Å²) in [5.41, 5.74) is 0.469. The van der Waals surface area contributed by atoms with Gasteiger partial charge in [-0.3, -0.25) is 0 Å². The van der Waals surface area contributed by atoms with E-state index in [1.165, 1.54) is 18.2 Å². The van der Waals surface area contributed by atoms with Crippen LogP contribution in [0.1, 0.15) is 21.5 Å². The molecule has 20 heavy (non-hydrogen) atoms. The second-order valence-corrected chi connectivity index (χ2v) is 4.18. The summed E-state index contributed by atoms with van der Waals surface area (Å²) in [6, 6.07) is 10.9. The third-order valence-corrected chi connectivity index (χ3v) is 2.78. The molecule has 0 unspecified atom stereocenters. The minimum atomic E-state index is -1.31. The highest BCUT2D eigenvalue weighted by atomic mass is 19.1. The van der Waals surface area contributed by atoms with Crippen molar-refractivity contribution in [1.29, 1.82) is 0 Å². The van der Waals surface area contributed by atoms with Gasteiger partial charge in [0.25, 0.3) is 0 Å². The molecule has 2 aromatic carbocycles. The Kier molecular flexibility index (Phi) is 4.32. The summed E-state index contributed by atoms with van der Waals surface area (Å²) in [6.45, 7) is -0.193. The quantitative estimate of drug-likeness (QED) is 0.881. The lowest BCUT2D eigenvalue weighted by molar-refractivity contribution is 0.0691. The van der Waals surface area contributed by atoms with Crippen molar-refractivity contribution in [3.63, 3.8) is 0 Å². The molecule has 2 aromatic rings. The van der Waals surface area contributed by atoms with Crippen molar-refractivity contribution in [2.24, 2.45) is 0 Å². The van der Waals surface area contributed by atoms with Crippen LogP contribution >= 0.6 is 0 Å². The second kappa shape index (κ2) is 6.16. The molecule has 0 spiro atoms. The molecule has 4 nitrogen and oxygen atoms in total. The summed E-state index contributed by atoms with van der Waals surface area (Å²) in [5.74, 6) is -1.62. The van der Waals surface area contributed by atoms with Gasteiger partial charge in [-0.1, -0.05) is 24.3 Å². The van der Waals surface area contributed by atoms with E-state index in [2.05, 4.69) is 0 Å². The topological polar surface area (TPSA) is 66.8 Å². The molecule has 0 amide bonds. The molecule has 2 rings (SSSR count). The third-order valence-electron chi connectivity index (χ3n) is 2.78. The molecule has 0 aliphatic heterocycles. The average Bonchev–Trinajstić information content (AvgIpc) is 2.46. The van der Waals surface area contributed by atoms with Gasteiger partial charge in [-0.2, -0.15) is 0 Å². The number of carboxylic acid groups (broad SMARTS) is 1. The van der Waals surface area contributed by atoms with E-state index in [1.807, 2.05) is 0 Å². The molecule has 0 saturated carbocycles. The molecular formula is C15H13FO4. The fourth-order valence-electron chi connectivity index (χ4n) is 1.75. The van der Waals surface area contributed by atoms with Gasteiger partial charge in [0.15, 0.2) is 0 Å². The van der Waals surface area contributed by atoms with E-state index >= 15 is 0 Å². The van der Waals surface area contributed by atoms with E-state index in [9.17, 15) is 9.18 Å². The summed E-state index contributed by atoms with van der Waals surface area (Å²) in [4.78, 5) is 10.8. The van der Waals surface area contributed by atoms with Crippen LogP contribution in [0.4, 0.5) is 4.39 Å². The molecule has 0 aliphatic rings. The van der Waals surface area contributed by atoms with E-state index < -0.39 is 11.8 Å². The Morgan fingerprint density at radius 1 is 1.20 bits per heavy atom. The first kappa shape index (κ1) is 14.0. The number of aliphatic hydroxyl groups excluding tert-OH is 1. The molecular weight excluding hydrogens is 263 g/mol. The fraction of sp³-hybridized carbons (Fsp3) is 0.133. The minimum Gasteiger partial charge on any atom is -0.489 e. The second-order valence-electron chi connectivity index (χ2n) is 4.18. The highest BCUT2D eigenvalue weighted by Crippen LogP contribution is 2.18. The van der Waals surface area contributed by atoms with Crippen LogP contribution in [0.15, 0.2) is 42.5 Å². The maximum Gasteiger partial charge on any atom is 0.338 e. The summed E-state index contributed by atoms with van der Waals surface area (Å²) in [5, 5.41) is 17.8. The SMILES string of the molecule is O=C(O)c1cccc(COc2cccc(CO)c2)c1F. The number of hydrogen-bond donors (Lipinski definition) is 2. The maximum absolute atomic E-state index is 13.9. The summed E-state index contributed by atoms with van der Waals surface area (Å²) >= 11 is 0. The molecule has 0 heterocycles. The van der Waals surface area contributed by atoms with Crippen LogP contribution in [-0.2, 0) is 13.2 Å². The monoisotopic (exact) mass is 276 g/mol. The van der Waals surface area contributed by atoms with E-state index in [0.717, 1.165) is 0 Å². The Bertz CT molecular complexity index is 625. The van der Waals surface area contributed by atoms with E-state index in [1.54, 1.807) is 24.3 Å². The van der Waals surface area contributed by atoms with Crippen LogP contribution in [-0.4, -0.2) is 16.2 Å². The largest absolute Gasteiger partial charge is 0.489 e. The van der Waals surface area contributed by atoms with Gasteiger partial charge in [0.2, 0.25) is 0 Å². The molecule has 0 saturated heterocycles. The zero-order valence-electron chi connectivity index (χ0n) is 10.5. The van der Waals surface area contributed by atoms with Gasteiger partial charge < -0.3 is 14.9 Å². The van der Waals surface area contributed by atoms with E-state index in [4.69, 9.17) is 14.9 Å². The van der Waals surface area contributed by atoms with Crippen molar-refractivity contribution in [2.45, 2.75) is 13.2 Å². The normalized spacial score (nSPS) is 10.3. The van der Waals surface area contributed by atoms with Crippen LogP contribution in [0.5, 0.6) is 5.75 Å². The fourth-order valence-corrected chi connectivity index (χ4v) is 1.75. The van der Waals surface area contributed by atoms with Gasteiger partial charge in [-0.25, -0.2) is 9.18 Å². The smallest absolute Gasteiger partial charge is 0.338 e. The number of benzene rings is 2. The molecule has 5 heteroatoms. The zero-order valence-corrected chi connectivity index (χ0v) is 10.5. The number of hydrogen-bond acceptors (Lipinski definition) is 3. The Hall–Kier alpha value is -2.40. The Morgan fingerprint density at radius 3 is 2.65 bits per heavy atom. The molecule has 2 N–H and O–H groups in total. The molecule has 0 aromatic heterocycles. The molecule has 0 aliphatic carbocycles. The first-order chi connectivity index (χ1) is 9.61. The van der Waals surface area contributed by atoms with Gasteiger partial charge >= 0.3 is 5.97 Å². The number of halogens is 1. The molecule has 0 radical (unpaired) electrons. The van der Waals surface area contributed by atoms with Crippen LogP contribution in [0.2, 0.25) is 0 Å². The van der Waals surface area contributed by atoms with Crippen LogP contribution in [0, 0.1) is 5.82 Å². The predicted octanol–water partition coefficient (Wildman–Crippen LogP) is 2.60. The number of aliphatic hydroxyl groups is 1. The lowest BCUT2D eigenvalue weighted by Gasteiger charge is -2.09. The van der Waals surface area contributed by atoms with E-state index in [0.29, 0.717) is 11.3 Å². The standard InChI is InChI=1S/C15H13FO4/c16-14-11(4-2-6-13(14)15(18)19)9-20-12-5-1-3-10(7-12)8-17/h1-7,17H,8-9H2,(H,18,19). The lowest BCUT2D eigenvalue weighted by atomic mass is 10.1. The number of ether oxygens (including phenoxy) is 1. The van der Waals surface area contributed by atoms with Crippen molar-refractivity contribution >= 4 is 5.97 Å². The molecule has 0 bridgehead atoms. The predicted molar refractivity (Wildman–Crippen MR) is 70.1 cm³/mol. The highest BCUT2D eigenvalue weighted by molar-refractivity contribution is 5.88. The number of carboxylic acids is 1. The number of rotatable bonds is 5. The van der Waals surface area contributed by atoms with Gasteiger partial charge in [-0.05, 0) is 23.8 Å². The zero-order chi connectivity index (χ0) is 14.5. The van der Waals surface area contributed by atoms with Crippen LogP contribution < -0.4 is 4.74 Å². The third kappa shape index (κ3) is 3.13. The van der Waals surface area contributed by atoms with Gasteiger partial charge in [0.05, 0.1) is 12.2 Å². The Balaban J connectivity index is 2.14. The van der Waals surface area contributed by atoms with E-state index in [-0.39, 0.29) is 24.3 Å². The van der Waals surface area contributed by atoms with Crippen molar-refractivity contribution in [2.75, 3.05) is 0 Å². The minimum absolute atomic E-state index is 0.0815. The Labute approximate surface area is 115 Å². The Morgan fingerprint density at radius 2 is 1.95 bits per heavy atom. The summed E-state index contributed by atoms with van der Waals surface area (Å²) in [6.07, 6.45) is 0. The van der Waals surface area contributed by atoms with Crippen molar-refractivity contribution < 1.29 is 24.1 Å². The highest BCUT2D eigenvalue weighted by Gasteiger charge is 2.13. The number of aromatic carboxylic acids is 1. The van der Waals surface area contributed by atoms with Crippen LogP contribution in [0.25, 0.3) is 0 Å².